The van der Waals surface area contributed by atoms with Gasteiger partial charge in [-0.15, -0.1) is 0 Å². The van der Waals surface area contributed by atoms with Gasteiger partial charge in [-0.3, -0.25) is 0 Å². The van der Waals surface area contributed by atoms with Crippen molar-refractivity contribution in [3.63, 3.8) is 0 Å². The van der Waals surface area contributed by atoms with E-state index >= 15 is 0 Å². The fourth-order valence-electron chi connectivity index (χ4n) is 1.68. The Balaban J connectivity index is 2.49. The van der Waals surface area contributed by atoms with Crippen molar-refractivity contribution in [1.29, 1.82) is 0 Å². The maximum Gasteiger partial charge on any atom is 0.181 e. The van der Waals surface area contributed by atoms with Gasteiger partial charge >= 0.3 is 0 Å². The third-order valence-electron chi connectivity index (χ3n) is 2.63. The van der Waals surface area contributed by atoms with E-state index in [4.69, 9.17) is 0 Å². The number of allylic oxidation sites excluding steroid dienone is 1. The van der Waals surface area contributed by atoms with Crippen LogP contribution in [0.1, 0.15) is 6.92 Å². The van der Waals surface area contributed by atoms with Gasteiger partial charge in [0.15, 0.2) is 9.84 Å². The Labute approximate surface area is 102 Å². The van der Waals surface area contributed by atoms with Crippen LogP contribution in [0.4, 0.5) is 0 Å². The first-order valence-corrected chi connectivity index (χ1v) is 7.11. The predicted molar refractivity (Wildman–Crippen MR) is 70.8 cm³/mol. The second kappa shape index (κ2) is 4.72. The van der Waals surface area contributed by atoms with Crippen molar-refractivity contribution in [3.8, 4) is 0 Å². The summed E-state index contributed by atoms with van der Waals surface area (Å²) in [5, 5.41) is 2.01. The molecule has 2 rings (SSSR count). The topological polar surface area (TPSA) is 34.1 Å². The number of sulfone groups is 1. The van der Waals surface area contributed by atoms with Crippen LogP contribution in [0.25, 0.3) is 10.8 Å². The molecule has 0 aliphatic carbocycles. The fraction of sp³-hybridized carbons (Fsp3) is 0.143. The zero-order chi connectivity index (χ0) is 12.3. The Morgan fingerprint density at radius 1 is 1.06 bits per heavy atom. The molecule has 0 unspecified atom stereocenters. The monoisotopic (exact) mass is 246 g/mol. The summed E-state index contributed by atoms with van der Waals surface area (Å²) in [5.41, 5.74) is 0. The van der Waals surface area contributed by atoms with Crippen LogP contribution < -0.4 is 0 Å². The average Bonchev–Trinajstić information content (AvgIpc) is 2.36. The van der Waals surface area contributed by atoms with Crippen molar-refractivity contribution < 1.29 is 8.42 Å². The van der Waals surface area contributed by atoms with Crippen molar-refractivity contribution in [3.05, 3.63) is 54.6 Å². The number of hydrogen-bond donors (Lipinski definition) is 0. The first kappa shape index (κ1) is 11.9. The van der Waals surface area contributed by atoms with Gasteiger partial charge in [-0.25, -0.2) is 8.42 Å². The summed E-state index contributed by atoms with van der Waals surface area (Å²) in [6.45, 7) is 1.82. The highest BCUT2D eigenvalue weighted by Crippen LogP contribution is 2.19. The third kappa shape index (κ3) is 2.56. The molecule has 0 spiro atoms. The average molecular weight is 246 g/mol. The summed E-state index contributed by atoms with van der Waals surface area (Å²) in [4.78, 5) is 0.384. The number of hydrogen-bond acceptors (Lipinski definition) is 2. The molecule has 2 nitrogen and oxygen atoms in total. The molecule has 0 aliphatic rings. The molecular weight excluding hydrogens is 232 g/mol. The van der Waals surface area contributed by atoms with Gasteiger partial charge in [-0.05, 0) is 29.8 Å². The van der Waals surface area contributed by atoms with E-state index in [0.29, 0.717) is 4.90 Å². The SMILES string of the molecule is C/C=C/CS(=O)(=O)c1ccc2ccccc2c1. The first-order chi connectivity index (χ1) is 8.13. The maximum absolute atomic E-state index is 12.0. The zero-order valence-corrected chi connectivity index (χ0v) is 10.4. The quantitative estimate of drug-likeness (QED) is 0.779. The van der Waals surface area contributed by atoms with E-state index in [1.54, 1.807) is 24.3 Å². The molecule has 3 heteroatoms. The minimum absolute atomic E-state index is 0.0574. The molecule has 17 heavy (non-hydrogen) atoms. The summed E-state index contributed by atoms with van der Waals surface area (Å²) in [6, 6.07) is 13.0. The molecule has 0 bridgehead atoms. The van der Waals surface area contributed by atoms with Crippen molar-refractivity contribution in [2.24, 2.45) is 0 Å². The van der Waals surface area contributed by atoms with E-state index in [1.165, 1.54) is 0 Å². The van der Waals surface area contributed by atoms with Gasteiger partial charge in [0.2, 0.25) is 0 Å². The largest absolute Gasteiger partial charge is 0.223 e. The van der Waals surface area contributed by atoms with E-state index in [0.717, 1.165) is 10.8 Å². The number of fused-ring (bicyclic) bond motifs is 1. The van der Waals surface area contributed by atoms with Gasteiger partial charge in [0, 0.05) is 0 Å². The minimum Gasteiger partial charge on any atom is -0.223 e. The molecule has 0 aliphatic heterocycles. The van der Waals surface area contributed by atoms with Crippen LogP contribution in [0.15, 0.2) is 59.5 Å². The number of benzene rings is 2. The van der Waals surface area contributed by atoms with Crippen LogP contribution in [0, 0.1) is 0 Å². The lowest BCUT2D eigenvalue weighted by Crippen LogP contribution is -2.04. The Morgan fingerprint density at radius 2 is 1.76 bits per heavy atom. The summed E-state index contributed by atoms with van der Waals surface area (Å²) < 4.78 is 24.0. The molecule has 0 fully saturated rings. The molecule has 2 aromatic carbocycles. The lowest BCUT2D eigenvalue weighted by molar-refractivity contribution is 0.599. The van der Waals surface area contributed by atoms with E-state index in [2.05, 4.69) is 0 Å². The van der Waals surface area contributed by atoms with Crippen molar-refractivity contribution in [2.45, 2.75) is 11.8 Å². The van der Waals surface area contributed by atoms with Crippen molar-refractivity contribution in [2.75, 3.05) is 5.75 Å². The van der Waals surface area contributed by atoms with Crippen molar-refractivity contribution in [1.82, 2.24) is 0 Å². The Hall–Kier alpha value is -1.61. The summed E-state index contributed by atoms with van der Waals surface area (Å²) in [7, 11) is -3.20. The number of rotatable bonds is 3. The van der Waals surface area contributed by atoms with E-state index in [9.17, 15) is 8.42 Å². The molecule has 2 aromatic rings. The minimum atomic E-state index is -3.20. The molecule has 0 heterocycles. The molecule has 0 atom stereocenters. The van der Waals surface area contributed by atoms with Crippen LogP contribution in [0.3, 0.4) is 0 Å². The fourth-order valence-corrected chi connectivity index (χ4v) is 2.90. The molecule has 0 aromatic heterocycles. The van der Waals surface area contributed by atoms with E-state index in [-0.39, 0.29) is 5.75 Å². The van der Waals surface area contributed by atoms with Gasteiger partial charge < -0.3 is 0 Å². The first-order valence-electron chi connectivity index (χ1n) is 5.46. The van der Waals surface area contributed by atoms with Gasteiger partial charge in [-0.2, -0.15) is 0 Å². The molecule has 0 saturated heterocycles. The van der Waals surface area contributed by atoms with Gasteiger partial charge in [0.25, 0.3) is 0 Å². The molecule has 0 N–H and O–H groups in total. The van der Waals surface area contributed by atoms with E-state index < -0.39 is 9.84 Å². The van der Waals surface area contributed by atoms with Gasteiger partial charge in [-0.1, -0.05) is 42.5 Å². The Bertz CT molecular complexity index is 655. The van der Waals surface area contributed by atoms with Gasteiger partial charge in [0.1, 0.15) is 0 Å². The lowest BCUT2D eigenvalue weighted by atomic mass is 10.1. The normalized spacial score (nSPS) is 12.3. The summed E-state index contributed by atoms with van der Waals surface area (Å²) in [6.07, 6.45) is 3.41. The van der Waals surface area contributed by atoms with Crippen LogP contribution in [0.5, 0.6) is 0 Å². The second-order valence-corrected chi connectivity index (χ2v) is 5.89. The van der Waals surface area contributed by atoms with Crippen LogP contribution in [-0.4, -0.2) is 14.2 Å². The lowest BCUT2D eigenvalue weighted by Gasteiger charge is -2.03. The molecular formula is C14H14O2S. The highest BCUT2D eigenvalue weighted by molar-refractivity contribution is 7.91. The molecule has 88 valence electrons. The predicted octanol–water partition coefficient (Wildman–Crippen LogP) is 3.19. The molecule has 0 radical (unpaired) electrons. The van der Waals surface area contributed by atoms with Gasteiger partial charge in [0.05, 0.1) is 10.6 Å². The summed E-state index contributed by atoms with van der Waals surface area (Å²) >= 11 is 0. The Kier molecular flexibility index (Phi) is 3.29. The maximum atomic E-state index is 12.0. The molecule has 0 saturated carbocycles. The third-order valence-corrected chi connectivity index (χ3v) is 4.23. The van der Waals surface area contributed by atoms with Crippen LogP contribution >= 0.6 is 0 Å². The molecule has 0 amide bonds. The smallest absolute Gasteiger partial charge is 0.181 e. The van der Waals surface area contributed by atoms with Crippen molar-refractivity contribution >= 4 is 20.6 Å². The highest BCUT2D eigenvalue weighted by Gasteiger charge is 2.12. The highest BCUT2D eigenvalue weighted by atomic mass is 32.2. The Morgan fingerprint density at radius 3 is 2.47 bits per heavy atom. The van der Waals surface area contributed by atoms with E-state index in [1.807, 2.05) is 37.3 Å². The standard InChI is InChI=1S/C14H14O2S/c1-2-3-10-17(15,16)14-9-8-12-6-4-5-7-13(12)11-14/h2-9,11H,10H2,1H3/b3-2+. The van der Waals surface area contributed by atoms with Crippen LogP contribution in [0.2, 0.25) is 0 Å². The van der Waals surface area contributed by atoms with Crippen LogP contribution in [-0.2, 0) is 9.84 Å². The second-order valence-electron chi connectivity index (χ2n) is 3.86. The summed E-state index contributed by atoms with van der Waals surface area (Å²) in [5.74, 6) is 0.0574. The zero-order valence-electron chi connectivity index (χ0n) is 9.63.